The third-order valence-corrected chi connectivity index (χ3v) is 4.78. The Morgan fingerprint density at radius 1 is 1.13 bits per heavy atom. The van der Waals surface area contributed by atoms with Gasteiger partial charge in [-0.3, -0.25) is 4.90 Å². The molecule has 3 rings (SSSR count). The first-order valence-corrected chi connectivity index (χ1v) is 8.21. The van der Waals surface area contributed by atoms with Crippen molar-refractivity contribution in [3.8, 4) is 0 Å². The molecule has 124 valence electrons. The molecular formula is C17H26N6. The lowest BCUT2D eigenvalue weighted by Gasteiger charge is -2.45. The Kier molecular flexibility index (Phi) is 3.92. The van der Waals surface area contributed by atoms with Crippen LogP contribution in [-0.4, -0.2) is 31.7 Å². The van der Waals surface area contributed by atoms with Crippen molar-refractivity contribution in [2.75, 3.05) is 23.9 Å². The van der Waals surface area contributed by atoms with Crippen LogP contribution in [0.1, 0.15) is 37.7 Å². The molecule has 1 aromatic carbocycles. The quantitative estimate of drug-likeness (QED) is 0.876. The first kappa shape index (κ1) is 15.6. The molecule has 4 N–H and O–H groups in total. The van der Waals surface area contributed by atoms with Crippen molar-refractivity contribution in [2.24, 2.45) is 21.5 Å². The van der Waals surface area contributed by atoms with Gasteiger partial charge in [-0.25, -0.2) is 4.99 Å². The largest absolute Gasteiger partial charge is 0.377 e. The van der Waals surface area contributed by atoms with Gasteiger partial charge in [0.2, 0.25) is 11.9 Å². The van der Waals surface area contributed by atoms with Gasteiger partial charge in [-0.1, -0.05) is 12.5 Å². The molecule has 0 saturated heterocycles. The van der Waals surface area contributed by atoms with E-state index in [1.165, 1.54) is 17.7 Å². The van der Waals surface area contributed by atoms with Gasteiger partial charge in [0.1, 0.15) is 5.66 Å². The lowest BCUT2D eigenvalue weighted by Crippen LogP contribution is -2.58. The highest BCUT2D eigenvalue weighted by Gasteiger charge is 2.42. The van der Waals surface area contributed by atoms with Crippen LogP contribution in [-0.2, 0) is 0 Å². The molecular weight excluding hydrogens is 288 g/mol. The van der Waals surface area contributed by atoms with Crippen LogP contribution in [0.15, 0.2) is 28.2 Å². The summed E-state index contributed by atoms with van der Waals surface area (Å²) in [5, 5.41) is 0. The predicted octanol–water partition coefficient (Wildman–Crippen LogP) is 2.17. The van der Waals surface area contributed by atoms with E-state index in [1.54, 1.807) is 0 Å². The monoisotopic (exact) mass is 314 g/mol. The van der Waals surface area contributed by atoms with Crippen LogP contribution in [0.2, 0.25) is 0 Å². The number of benzene rings is 1. The minimum absolute atomic E-state index is 0.292. The maximum atomic E-state index is 6.27. The number of aliphatic imine (C=N–C) groups is 2. The first-order chi connectivity index (χ1) is 10.9. The smallest absolute Gasteiger partial charge is 0.220 e. The van der Waals surface area contributed by atoms with E-state index < -0.39 is 0 Å². The molecule has 1 saturated carbocycles. The molecule has 0 atom stereocenters. The minimum atomic E-state index is -0.382. The molecule has 1 aliphatic heterocycles. The molecule has 0 unspecified atom stereocenters. The second-order valence-corrected chi connectivity index (χ2v) is 6.68. The predicted molar refractivity (Wildman–Crippen MR) is 97.0 cm³/mol. The zero-order chi connectivity index (χ0) is 16.6. The number of guanidine groups is 2. The Balaban J connectivity index is 2.09. The molecule has 1 fully saturated rings. The third kappa shape index (κ3) is 2.73. The maximum absolute atomic E-state index is 6.27. The number of rotatable bonds is 2. The second kappa shape index (κ2) is 5.76. The Labute approximate surface area is 137 Å². The van der Waals surface area contributed by atoms with Crippen LogP contribution in [0.25, 0.3) is 0 Å². The maximum Gasteiger partial charge on any atom is 0.220 e. The minimum Gasteiger partial charge on any atom is -0.377 e. The molecule has 1 heterocycles. The zero-order valence-corrected chi connectivity index (χ0v) is 14.2. The molecule has 2 aliphatic rings. The van der Waals surface area contributed by atoms with E-state index in [2.05, 4.69) is 39.9 Å². The van der Waals surface area contributed by atoms with E-state index in [1.807, 2.05) is 14.1 Å². The fourth-order valence-corrected chi connectivity index (χ4v) is 3.71. The number of nitrogens with two attached hydrogens (primary N) is 2. The van der Waals surface area contributed by atoms with Crippen molar-refractivity contribution in [1.29, 1.82) is 0 Å². The highest BCUT2D eigenvalue weighted by atomic mass is 15.4. The summed E-state index contributed by atoms with van der Waals surface area (Å²) in [6, 6.07) is 6.37. The normalized spacial score (nSPS) is 20.2. The van der Waals surface area contributed by atoms with E-state index in [9.17, 15) is 0 Å². The Hall–Kier alpha value is -2.24. The fraction of sp³-hybridized carbons (Fsp3) is 0.529. The van der Waals surface area contributed by atoms with E-state index in [0.29, 0.717) is 11.9 Å². The summed E-state index contributed by atoms with van der Waals surface area (Å²) in [6.45, 7) is 2.11. The Morgan fingerprint density at radius 3 is 2.48 bits per heavy atom. The first-order valence-electron chi connectivity index (χ1n) is 8.21. The molecule has 0 aromatic heterocycles. The van der Waals surface area contributed by atoms with Crippen LogP contribution in [0.3, 0.4) is 0 Å². The van der Waals surface area contributed by atoms with Crippen LogP contribution in [0, 0.1) is 6.92 Å². The van der Waals surface area contributed by atoms with Crippen molar-refractivity contribution in [1.82, 2.24) is 0 Å². The lowest BCUT2D eigenvalue weighted by molar-refractivity contribution is 0.305. The molecule has 1 aliphatic carbocycles. The van der Waals surface area contributed by atoms with Gasteiger partial charge in [0, 0.05) is 25.5 Å². The summed E-state index contributed by atoms with van der Waals surface area (Å²) in [5.41, 5.74) is 15.2. The highest BCUT2D eigenvalue weighted by Crippen LogP contribution is 2.40. The van der Waals surface area contributed by atoms with Gasteiger partial charge in [0.25, 0.3) is 0 Å². The standard InChI is InChI=1S/C17H26N6/c1-12-7-8-13(11-14(12)22(2)3)23-16(19)20-15(18)21-17(23)9-5-4-6-10-17/h7-8,11H,4-6,9-10H2,1-3H3,(H4,18,19,20,21). The number of hydrogen-bond acceptors (Lipinski definition) is 6. The number of nitrogens with zero attached hydrogens (tertiary/aromatic N) is 4. The average molecular weight is 314 g/mol. The van der Waals surface area contributed by atoms with Crippen molar-refractivity contribution in [3.63, 3.8) is 0 Å². The van der Waals surface area contributed by atoms with Gasteiger partial charge in [-0.15, -0.1) is 0 Å². The Morgan fingerprint density at radius 2 is 1.83 bits per heavy atom. The number of hydrogen-bond donors (Lipinski definition) is 2. The van der Waals surface area contributed by atoms with E-state index in [0.717, 1.165) is 31.4 Å². The third-order valence-electron chi connectivity index (χ3n) is 4.78. The fourth-order valence-electron chi connectivity index (χ4n) is 3.71. The highest BCUT2D eigenvalue weighted by molar-refractivity contribution is 6.05. The Bertz CT molecular complexity index is 655. The zero-order valence-electron chi connectivity index (χ0n) is 14.2. The number of aryl methyl sites for hydroxylation is 1. The number of anilines is 2. The second-order valence-electron chi connectivity index (χ2n) is 6.68. The average Bonchev–Trinajstić information content (AvgIpc) is 2.48. The van der Waals surface area contributed by atoms with Gasteiger partial charge in [-0.05, 0) is 50.3 Å². The van der Waals surface area contributed by atoms with Gasteiger partial charge < -0.3 is 16.4 Å². The summed E-state index contributed by atoms with van der Waals surface area (Å²) in [6.07, 6.45) is 5.41. The summed E-state index contributed by atoms with van der Waals surface area (Å²) >= 11 is 0. The van der Waals surface area contributed by atoms with Gasteiger partial charge in [-0.2, -0.15) is 4.99 Å². The molecule has 1 spiro atoms. The van der Waals surface area contributed by atoms with E-state index >= 15 is 0 Å². The van der Waals surface area contributed by atoms with Crippen LogP contribution in [0.5, 0.6) is 0 Å². The molecule has 6 nitrogen and oxygen atoms in total. The van der Waals surface area contributed by atoms with E-state index in [4.69, 9.17) is 16.5 Å². The lowest BCUT2D eigenvalue weighted by atomic mass is 9.87. The molecule has 1 aromatic rings. The van der Waals surface area contributed by atoms with Crippen LogP contribution in [0.4, 0.5) is 11.4 Å². The van der Waals surface area contributed by atoms with Crippen LogP contribution < -0.4 is 21.3 Å². The molecule has 0 amide bonds. The topological polar surface area (TPSA) is 83.2 Å². The van der Waals surface area contributed by atoms with Crippen molar-refractivity contribution < 1.29 is 0 Å². The molecule has 0 bridgehead atoms. The van der Waals surface area contributed by atoms with Crippen molar-refractivity contribution in [3.05, 3.63) is 23.8 Å². The van der Waals surface area contributed by atoms with Crippen LogP contribution >= 0.6 is 0 Å². The molecule has 0 radical (unpaired) electrons. The summed E-state index contributed by atoms with van der Waals surface area (Å²) in [4.78, 5) is 13.1. The van der Waals surface area contributed by atoms with Crippen molar-refractivity contribution in [2.45, 2.75) is 44.7 Å². The van der Waals surface area contributed by atoms with Gasteiger partial charge >= 0.3 is 0 Å². The van der Waals surface area contributed by atoms with Crippen molar-refractivity contribution >= 4 is 23.3 Å². The van der Waals surface area contributed by atoms with Gasteiger partial charge in [0.05, 0.1) is 0 Å². The molecule has 6 heteroatoms. The summed E-state index contributed by atoms with van der Waals surface area (Å²) in [5.74, 6) is 0.730. The van der Waals surface area contributed by atoms with Gasteiger partial charge in [0.15, 0.2) is 0 Å². The summed E-state index contributed by atoms with van der Waals surface area (Å²) in [7, 11) is 4.10. The van der Waals surface area contributed by atoms with E-state index in [-0.39, 0.29) is 5.66 Å². The summed E-state index contributed by atoms with van der Waals surface area (Å²) < 4.78 is 0. The molecule has 23 heavy (non-hydrogen) atoms. The SMILES string of the molecule is Cc1ccc(N2C(N)=NC(N)=NC23CCCCC3)cc1N(C)C.